The molecule has 0 bridgehead atoms. The second-order valence-electron chi connectivity index (χ2n) is 4.74. The predicted octanol–water partition coefficient (Wildman–Crippen LogP) is 1.73. The van der Waals surface area contributed by atoms with Gasteiger partial charge < -0.3 is 10.4 Å². The monoisotopic (exact) mass is 265 g/mol. The van der Waals surface area contributed by atoms with E-state index in [2.05, 4.69) is 10.3 Å². The number of aromatic nitrogens is 1. The summed E-state index contributed by atoms with van der Waals surface area (Å²) in [5.41, 5.74) is 0.605. The Morgan fingerprint density at radius 2 is 2.16 bits per heavy atom. The van der Waals surface area contributed by atoms with Gasteiger partial charge in [0.2, 0.25) is 0 Å². The molecule has 0 saturated carbocycles. The molecule has 1 rings (SSSR count). The molecule has 1 atom stereocenters. The number of hydrogen-bond acceptors (Lipinski definition) is 3. The van der Waals surface area contributed by atoms with Gasteiger partial charge in [0.15, 0.2) is 0 Å². The molecule has 2 N–H and O–H groups in total. The molecule has 6 nitrogen and oxygen atoms in total. The Morgan fingerprint density at radius 3 is 2.63 bits per heavy atom. The topological polar surface area (TPSA) is 82.5 Å². The summed E-state index contributed by atoms with van der Waals surface area (Å²) in [6.07, 6.45) is 3.54. The number of amides is 2. The van der Waals surface area contributed by atoms with Crippen LogP contribution in [0, 0.1) is 5.92 Å². The third kappa shape index (κ3) is 4.57. The van der Waals surface area contributed by atoms with Crippen LogP contribution in [-0.4, -0.2) is 35.2 Å². The molecule has 1 unspecified atom stereocenters. The van der Waals surface area contributed by atoms with Gasteiger partial charge in [-0.15, -0.1) is 0 Å². The minimum Gasteiger partial charge on any atom is -0.480 e. The molecule has 0 radical (unpaired) electrons. The van der Waals surface area contributed by atoms with Crippen molar-refractivity contribution in [1.29, 1.82) is 0 Å². The standard InChI is InChI=1S/C13H19N3O3/c1-9(2)7-11(12(17)18)15-13(19)16(3)10-5-4-6-14-8-10/h4-6,8-9,11H,7H2,1-3H3,(H,15,19)(H,17,18). The second kappa shape index (κ2) is 6.72. The normalized spacial score (nSPS) is 12.0. The van der Waals surface area contributed by atoms with Crippen LogP contribution in [0.25, 0.3) is 0 Å². The van der Waals surface area contributed by atoms with E-state index in [1.54, 1.807) is 25.4 Å². The summed E-state index contributed by atoms with van der Waals surface area (Å²) in [6.45, 7) is 3.82. The van der Waals surface area contributed by atoms with Gasteiger partial charge in [0.05, 0.1) is 11.9 Å². The number of nitrogens with zero attached hydrogens (tertiary/aromatic N) is 2. The zero-order chi connectivity index (χ0) is 14.4. The van der Waals surface area contributed by atoms with Crippen molar-refractivity contribution in [2.24, 2.45) is 5.92 Å². The largest absolute Gasteiger partial charge is 0.480 e. The number of hydrogen-bond donors (Lipinski definition) is 2. The summed E-state index contributed by atoms with van der Waals surface area (Å²) in [6, 6.07) is 2.10. The molecule has 0 aromatic carbocycles. The lowest BCUT2D eigenvalue weighted by atomic mass is 10.0. The van der Waals surface area contributed by atoms with Crippen molar-refractivity contribution < 1.29 is 14.7 Å². The van der Waals surface area contributed by atoms with Gasteiger partial charge in [-0.05, 0) is 24.5 Å². The van der Waals surface area contributed by atoms with E-state index < -0.39 is 18.0 Å². The van der Waals surface area contributed by atoms with Crippen LogP contribution >= 0.6 is 0 Å². The van der Waals surface area contributed by atoms with E-state index in [-0.39, 0.29) is 5.92 Å². The molecule has 2 amide bonds. The van der Waals surface area contributed by atoms with Gasteiger partial charge in [-0.3, -0.25) is 9.88 Å². The first-order valence-corrected chi connectivity index (χ1v) is 6.09. The lowest BCUT2D eigenvalue weighted by molar-refractivity contribution is -0.139. The number of carboxylic acid groups (broad SMARTS) is 1. The number of carboxylic acids is 1. The molecule has 6 heteroatoms. The maximum Gasteiger partial charge on any atom is 0.326 e. The average Bonchev–Trinajstić information content (AvgIpc) is 2.37. The van der Waals surface area contributed by atoms with E-state index >= 15 is 0 Å². The quantitative estimate of drug-likeness (QED) is 0.849. The van der Waals surface area contributed by atoms with Crippen molar-refractivity contribution in [2.45, 2.75) is 26.3 Å². The first kappa shape index (κ1) is 14.9. The van der Waals surface area contributed by atoms with Crippen molar-refractivity contribution in [1.82, 2.24) is 10.3 Å². The van der Waals surface area contributed by atoms with E-state index in [0.717, 1.165) is 0 Å². The second-order valence-corrected chi connectivity index (χ2v) is 4.74. The van der Waals surface area contributed by atoms with Gasteiger partial charge in [-0.1, -0.05) is 13.8 Å². The fraction of sp³-hybridized carbons (Fsp3) is 0.462. The lowest BCUT2D eigenvalue weighted by Crippen LogP contribution is -2.47. The fourth-order valence-electron chi connectivity index (χ4n) is 1.61. The molecule has 0 saturated heterocycles. The fourth-order valence-corrected chi connectivity index (χ4v) is 1.61. The molecule has 104 valence electrons. The summed E-state index contributed by atoms with van der Waals surface area (Å²) in [4.78, 5) is 28.3. The van der Waals surface area contributed by atoms with Gasteiger partial charge in [0.25, 0.3) is 0 Å². The highest BCUT2D eigenvalue weighted by atomic mass is 16.4. The van der Waals surface area contributed by atoms with Crippen LogP contribution in [0.1, 0.15) is 20.3 Å². The highest BCUT2D eigenvalue weighted by molar-refractivity contribution is 5.93. The number of carbonyl (C=O) groups is 2. The molecular weight excluding hydrogens is 246 g/mol. The molecule has 1 aromatic rings. The number of carbonyl (C=O) groups excluding carboxylic acids is 1. The van der Waals surface area contributed by atoms with E-state index in [1.165, 1.54) is 11.1 Å². The zero-order valence-electron chi connectivity index (χ0n) is 11.3. The summed E-state index contributed by atoms with van der Waals surface area (Å²) in [5.74, 6) is -0.841. The van der Waals surface area contributed by atoms with Gasteiger partial charge in [-0.25, -0.2) is 9.59 Å². The van der Waals surface area contributed by atoms with Crippen LogP contribution in [0.4, 0.5) is 10.5 Å². The third-order valence-electron chi connectivity index (χ3n) is 2.64. The Hall–Kier alpha value is -2.11. The molecule has 0 aliphatic heterocycles. The smallest absolute Gasteiger partial charge is 0.326 e. The third-order valence-corrected chi connectivity index (χ3v) is 2.64. The van der Waals surface area contributed by atoms with Crippen LogP contribution in [0.2, 0.25) is 0 Å². The van der Waals surface area contributed by atoms with Crippen molar-refractivity contribution in [3.8, 4) is 0 Å². The highest BCUT2D eigenvalue weighted by Gasteiger charge is 2.23. The van der Waals surface area contributed by atoms with Crippen LogP contribution in [-0.2, 0) is 4.79 Å². The van der Waals surface area contributed by atoms with Gasteiger partial charge in [0, 0.05) is 13.2 Å². The van der Waals surface area contributed by atoms with Crippen LogP contribution in [0.5, 0.6) is 0 Å². The number of nitrogens with one attached hydrogen (secondary N) is 1. The lowest BCUT2D eigenvalue weighted by Gasteiger charge is -2.22. The summed E-state index contributed by atoms with van der Waals surface area (Å²) >= 11 is 0. The van der Waals surface area contributed by atoms with Crippen LogP contribution in [0.3, 0.4) is 0 Å². The van der Waals surface area contributed by atoms with Crippen molar-refractivity contribution in [3.63, 3.8) is 0 Å². The van der Waals surface area contributed by atoms with E-state index in [4.69, 9.17) is 5.11 Å². The van der Waals surface area contributed by atoms with Crippen molar-refractivity contribution in [2.75, 3.05) is 11.9 Å². The minimum atomic E-state index is -1.03. The molecule has 1 aromatic heterocycles. The molecule has 0 fully saturated rings. The number of aliphatic carboxylic acids is 1. The molecule has 19 heavy (non-hydrogen) atoms. The number of pyridine rings is 1. The van der Waals surface area contributed by atoms with Crippen LogP contribution in [0.15, 0.2) is 24.5 Å². The maximum atomic E-state index is 12.0. The number of urea groups is 1. The average molecular weight is 265 g/mol. The van der Waals surface area contributed by atoms with E-state index in [9.17, 15) is 9.59 Å². The predicted molar refractivity (Wildman–Crippen MR) is 72.1 cm³/mol. The highest BCUT2D eigenvalue weighted by Crippen LogP contribution is 2.11. The Bertz CT molecular complexity index is 434. The van der Waals surface area contributed by atoms with Gasteiger partial charge >= 0.3 is 12.0 Å². The molecule has 1 heterocycles. The van der Waals surface area contributed by atoms with Crippen molar-refractivity contribution >= 4 is 17.7 Å². The molecule has 0 spiro atoms. The Kier molecular flexibility index (Phi) is 5.29. The van der Waals surface area contributed by atoms with E-state index in [1.807, 2.05) is 13.8 Å². The van der Waals surface area contributed by atoms with E-state index in [0.29, 0.717) is 12.1 Å². The summed E-state index contributed by atoms with van der Waals surface area (Å²) < 4.78 is 0. The Balaban J connectivity index is 2.69. The SMILES string of the molecule is CC(C)CC(NC(=O)N(C)c1cccnc1)C(=O)O. The maximum absolute atomic E-state index is 12.0. The van der Waals surface area contributed by atoms with Crippen LogP contribution < -0.4 is 10.2 Å². The first-order chi connectivity index (χ1) is 8.91. The Morgan fingerprint density at radius 1 is 1.47 bits per heavy atom. The van der Waals surface area contributed by atoms with Gasteiger partial charge in [-0.2, -0.15) is 0 Å². The summed E-state index contributed by atoms with van der Waals surface area (Å²) in [7, 11) is 1.57. The van der Waals surface area contributed by atoms with Gasteiger partial charge in [0.1, 0.15) is 6.04 Å². The number of anilines is 1. The first-order valence-electron chi connectivity index (χ1n) is 6.09. The number of rotatable bonds is 5. The molecule has 0 aliphatic rings. The van der Waals surface area contributed by atoms with Crippen molar-refractivity contribution in [3.05, 3.63) is 24.5 Å². The molecule has 0 aliphatic carbocycles. The Labute approximate surface area is 112 Å². The minimum absolute atomic E-state index is 0.185. The summed E-state index contributed by atoms with van der Waals surface area (Å²) in [5, 5.41) is 11.6. The molecular formula is C13H19N3O3. The zero-order valence-corrected chi connectivity index (χ0v) is 11.3.